The maximum Gasteiger partial charge on any atom is 0.211 e. The molecule has 0 atom stereocenters. The van der Waals surface area contributed by atoms with E-state index in [1.807, 2.05) is 45.0 Å². The highest BCUT2D eigenvalue weighted by Crippen LogP contribution is 2.24. The first-order valence-electron chi connectivity index (χ1n) is 6.42. The number of nitrogens with one attached hydrogen (secondary N) is 1. The Morgan fingerprint density at radius 1 is 1.21 bits per heavy atom. The Bertz CT molecular complexity index is 492. The van der Waals surface area contributed by atoms with Gasteiger partial charge in [0.15, 0.2) is 0 Å². The average Bonchev–Trinajstić information content (AvgIpc) is 2.37. The van der Waals surface area contributed by atoms with E-state index >= 15 is 0 Å². The first kappa shape index (κ1) is 16.0. The van der Waals surface area contributed by atoms with E-state index in [0.29, 0.717) is 13.0 Å². The molecule has 0 radical (unpaired) electrons. The van der Waals surface area contributed by atoms with Crippen molar-refractivity contribution in [2.24, 2.45) is 0 Å². The average molecular weight is 285 g/mol. The van der Waals surface area contributed by atoms with Gasteiger partial charge in [-0.05, 0) is 24.1 Å². The molecule has 0 saturated heterocycles. The number of ether oxygens (including phenoxy) is 1. The van der Waals surface area contributed by atoms with Crippen LogP contribution in [0.5, 0.6) is 5.75 Å². The fourth-order valence-corrected chi connectivity index (χ4v) is 3.04. The van der Waals surface area contributed by atoms with Crippen LogP contribution in [0.2, 0.25) is 0 Å². The van der Waals surface area contributed by atoms with Gasteiger partial charge < -0.3 is 4.74 Å². The van der Waals surface area contributed by atoms with Crippen molar-refractivity contribution in [3.8, 4) is 5.75 Å². The smallest absolute Gasteiger partial charge is 0.211 e. The van der Waals surface area contributed by atoms with Gasteiger partial charge in [0.1, 0.15) is 5.75 Å². The zero-order valence-corrected chi connectivity index (χ0v) is 12.9. The van der Waals surface area contributed by atoms with Crippen LogP contribution in [0.1, 0.15) is 32.8 Å². The summed E-state index contributed by atoms with van der Waals surface area (Å²) in [5.41, 5.74) is 0.820. The molecule has 1 N–H and O–H groups in total. The molecule has 4 nitrogen and oxygen atoms in total. The van der Waals surface area contributed by atoms with Crippen molar-refractivity contribution >= 4 is 10.0 Å². The predicted octanol–water partition coefficient (Wildman–Crippen LogP) is 2.30. The quantitative estimate of drug-likeness (QED) is 0.836. The maximum atomic E-state index is 11.7. The summed E-state index contributed by atoms with van der Waals surface area (Å²) in [5, 5.41) is 0. The molecule has 5 heteroatoms. The summed E-state index contributed by atoms with van der Waals surface area (Å²) >= 11 is 0. The van der Waals surface area contributed by atoms with Gasteiger partial charge in [0.2, 0.25) is 10.0 Å². The van der Waals surface area contributed by atoms with E-state index in [2.05, 4.69) is 4.72 Å². The first-order valence-corrected chi connectivity index (χ1v) is 8.08. The molecule has 108 valence electrons. The summed E-state index contributed by atoms with van der Waals surface area (Å²) in [6.07, 6.45) is 0.623. The van der Waals surface area contributed by atoms with Gasteiger partial charge in [-0.1, -0.05) is 32.9 Å². The molecule has 1 rings (SSSR count). The second kappa shape index (κ2) is 6.39. The Morgan fingerprint density at radius 2 is 1.79 bits per heavy atom. The van der Waals surface area contributed by atoms with E-state index in [1.54, 1.807) is 7.11 Å². The Balaban J connectivity index is 2.74. The van der Waals surface area contributed by atoms with E-state index in [1.165, 1.54) is 0 Å². The van der Waals surface area contributed by atoms with Crippen LogP contribution in [0, 0.1) is 0 Å². The van der Waals surface area contributed by atoms with Crippen molar-refractivity contribution in [2.75, 3.05) is 19.4 Å². The third-order valence-electron chi connectivity index (χ3n) is 3.08. The van der Waals surface area contributed by atoms with Crippen molar-refractivity contribution in [1.82, 2.24) is 4.72 Å². The standard InChI is InChI=1S/C14H23NO3S/c1-5-10-19(16,17)15-11-14(2,3)12-6-8-13(18-4)9-7-12/h6-9,15H,5,10-11H2,1-4H3. The molecule has 0 aliphatic rings. The number of hydrogen-bond donors (Lipinski definition) is 1. The molecule has 0 spiro atoms. The largest absolute Gasteiger partial charge is 0.497 e. The Kier molecular flexibility index (Phi) is 5.38. The topological polar surface area (TPSA) is 55.4 Å². The summed E-state index contributed by atoms with van der Waals surface area (Å²) in [4.78, 5) is 0. The van der Waals surface area contributed by atoms with Crippen LogP contribution in [0.3, 0.4) is 0 Å². The predicted molar refractivity (Wildman–Crippen MR) is 78.1 cm³/mol. The van der Waals surface area contributed by atoms with Crippen LogP contribution in [-0.2, 0) is 15.4 Å². The molecule has 1 aromatic carbocycles. The fraction of sp³-hybridized carbons (Fsp3) is 0.571. The molecule has 1 aromatic rings. The van der Waals surface area contributed by atoms with Crippen LogP contribution in [0.25, 0.3) is 0 Å². The van der Waals surface area contributed by atoms with Crippen LogP contribution < -0.4 is 9.46 Å². The minimum absolute atomic E-state index is 0.172. The third-order valence-corrected chi connectivity index (χ3v) is 4.61. The monoisotopic (exact) mass is 285 g/mol. The van der Waals surface area contributed by atoms with Gasteiger partial charge >= 0.3 is 0 Å². The highest BCUT2D eigenvalue weighted by atomic mass is 32.2. The van der Waals surface area contributed by atoms with Gasteiger partial charge in [0.05, 0.1) is 12.9 Å². The van der Waals surface area contributed by atoms with E-state index < -0.39 is 10.0 Å². The Labute approximate surface area is 116 Å². The summed E-state index contributed by atoms with van der Waals surface area (Å²) in [6.45, 7) is 6.28. The molecular weight excluding hydrogens is 262 g/mol. The van der Waals surface area contributed by atoms with Crippen LogP contribution >= 0.6 is 0 Å². The van der Waals surface area contributed by atoms with Crippen molar-refractivity contribution in [1.29, 1.82) is 0 Å². The molecule has 0 fully saturated rings. The van der Waals surface area contributed by atoms with Gasteiger partial charge in [-0.15, -0.1) is 0 Å². The maximum absolute atomic E-state index is 11.7. The molecule has 0 unspecified atom stereocenters. The lowest BCUT2D eigenvalue weighted by Gasteiger charge is -2.25. The highest BCUT2D eigenvalue weighted by Gasteiger charge is 2.23. The minimum Gasteiger partial charge on any atom is -0.497 e. The number of hydrogen-bond acceptors (Lipinski definition) is 3. The van der Waals surface area contributed by atoms with Gasteiger partial charge in [-0.3, -0.25) is 0 Å². The summed E-state index contributed by atoms with van der Waals surface area (Å²) in [6, 6.07) is 7.70. The first-order chi connectivity index (χ1) is 8.80. The highest BCUT2D eigenvalue weighted by molar-refractivity contribution is 7.89. The Hall–Kier alpha value is -1.07. The lowest BCUT2D eigenvalue weighted by atomic mass is 9.85. The lowest BCUT2D eigenvalue weighted by Crippen LogP contribution is -2.37. The molecule has 0 heterocycles. The second-order valence-electron chi connectivity index (χ2n) is 5.25. The van der Waals surface area contributed by atoms with Gasteiger partial charge in [0, 0.05) is 12.0 Å². The lowest BCUT2D eigenvalue weighted by molar-refractivity contribution is 0.414. The minimum atomic E-state index is -3.16. The number of sulfonamides is 1. The molecule has 0 aliphatic heterocycles. The van der Waals surface area contributed by atoms with Gasteiger partial charge in [0.25, 0.3) is 0 Å². The zero-order valence-electron chi connectivity index (χ0n) is 12.1. The van der Waals surface area contributed by atoms with Crippen LogP contribution in [0.4, 0.5) is 0 Å². The summed E-state index contributed by atoms with van der Waals surface area (Å²) in [5.74, 6) is 0.970. The van der Waals surface area contributed by atoms with E-state index in [4.69, 9.17) is 4.74 Å². The normalized spacial score (nSPS) is 12.4. The van der Waals surface area contributed by atoms with Crippen LogP contribution in [-0.4, -0.2) is 27.8 Å². The molecular formula is C14H23NO3S. The number of methoxy groups -OCH3 is 1. The second-order valence-corrected chi connectivity index (χ2v) is 7.18. The molecule has 0 aromatic heterocycles. The number of rotatable bonds is 7. The summed E-state index contributed by atoms with van der Waals surface area (Å²) < 4.78 is 31.1. The zero-order chi connectivity index (χ0) is 14.5. The summed E-state index contributed by atoms with van der Waals surface area (Å²) in [7, 11) is -1.54. The van der Waals surface area contributed by atoms with Crippen molar-refractivity contribution in [3.63, 3.8) is 0 Å². The SMILES string of the molecule is CCCS(=O)(=O)NCC(C)(C)c1ccc(OC)cc1. The molecule has 0 saturated carbocycles. The number of benzene rings is 1. The van der Waals surface area contributed by atoms with E-state index in [0.717, 1.165) is 11.3 Å². The third kappa shape index (κ3) is 4.84. The molecule has 0 amide bonds. The molecule has 0 bridgehead atoms. The molecule has 19 heavy (non-hydrogen) atoms. The fourth-order valence-electron chi connectivity index (χ4n) is 1.78. The molecule has 0 aliphatic carbocycles. The van der Waals surface area contributed by atoms with Crippen LogP contribution in [0.15, 0.2) is 24.3 Å². The van der Waals surface area contributed by atoms with Gasteiger partial charge in [-0.25, -0.2) is 13.1 Å². The van der Waals surface area contributed by atoms with Crippen molar-refractivity contribution < 1.29 is 13.2 Å². The van der Waals surface area contributed by atoms with Crippen molar-refractivity contribution in [2.45, 2.75) is 32.6 Å². The Morgan fingerprint density at radius 3 is 2.26 bits per heavy atom. The van der Waals surface area contributed by atoms with E-state index in [-0.39, 0.29) is 11.2 Å². The van der Waals surface area contributed by atoms with E-state index in [9.17, 15) is 8.42 Å². The van der Waals surface area contributed by atoms with Crippen molar-refractivity contribution in [3.05, 3.63) is 29.8 Å². The van der Waals surface area contributed by atoms with Gasteiger partial charge in [-0.2, -0.15) is 0 Å².